The minimum absolute atomic E-state index is 0.210. The molecule has 0 bridgehead atoms. The number of aromatic nitrogens is 4. The molecule has 4 aromatic rings. The normalized spacial score (nSPS) is 10.7. The van der Waals surface area contributed by atoms with Crippen LogP contribution >= 0.6 is 0 Å². The summed E-state index contributed by atoms with van der Waals surface area (Å²) in [6.45, 7) is 6.51. The molecule has 4 rings (SSSR count). The first-order valence-electron chi connectivity index (χ1n) is 10.0. The number of aryl methyl sites for hydroxylation is 3. The van der Waals surface area contributed by atoms with E-state index in [4.69, 9.17) is 0 Å². The maximum Gasteiger partial charge on any atom is 0.256 e. The first-order valence-corrected chi connectivity index (χ1v) is 10.0. The van der Waals surface area contributed by atoms with Crippen molar-refractivity contribution >= 4 is 17.5 Å². The molecule has 0 saturated heterocycles. The number of carbonyl (C=O) groups excluding carboxylic acids is 1. The lowest BCUT2D eigenvalue weighted by atomic mass is 10.1. The Kier molecular flexibility index (Phi) is 5.75. The molecule has 0 fully saturated rings. The van der Waals surface area contributed by atoms with Gasteiger partial charge in [-0.1, -0.05) is 29.3 Å². The highest BCUT2D eigenvalue weighted by Crippen LogP contribution is 2.23. The molecule has 7 heteroatoms. The highest BCUT2D eigenvalue weighted by atomic mass is 16.1. The number of anilines is 2. The Labute approximate surface area is 181 Å². The average molecular weight is 412 g/mol. The Hall–Kier alpha value is -4.00. The smallest absolute Gasteiger partial charge is 0.256 e. The largest absolute Gasteiger partial charge is 0.366 e. The van der Waals surface area contributed by atoms with Gasteiger partial charge in [-0.25, -0.2) is 9.97 Å². The van der Waals surface area contributed by atoms with E-state index in [0.717, 1.165) is 22.6 Å². The number of aromatic amines is 1. The van der Waals surface area contributed by atoms with E-state index in [1.807, 2.05) is 37.3 Å². The van der Waals surface area contributed by atoms with Crippen molar-refractivity contribution in [3.63, 3.8) is 0 Å². The van der Waals surface area contributed by atoms with Gasteiger partial charge in [0.1, 0.15) is 11.6 Å². The van der Waals surface area contributed by atoms with Gasteiger partial charge in [0.25, 0.3) is 5.91 Å². The second kappa shape index (κ2) is 8.79. The number of H-pyrrole nitrogens is 1. The lowest BCUT2D eigenvalue weighted by Crippen LogP contribution is -2.13. The predicted octanol–water partition coefficient (Wildman–Crippen LogP) is 4.66. The van der Waals surface area contributed by atoms with Crippen molar-refractivity contribution in [2.75, 3.05) is 10.6 Å². The maximum atomic E-state index is 12.7. The summed E-state index contributed by atoms with van der Waals surface area (Å²) in [4.78, 5) is 21.1. The van der Waals surface area contributed by atoms with Crippen molar-refractivity contribution in [3.8, 4) is 11.3 Å². The summed E-state index contributed by atoms with van der Waals surface area (Å²) in [5.41, 5.74) is 5.80. The molecule has 3 N–H and O–H groups in total. The van der Waals surface area contributed by atoms with Crippen molar-refractivity contribution in [3.05, 3.63) is 88.9 Å². The Morgan fingerprint density at radius 3 is 2.55 bits per heavy atom. The van der Waals surface area contributed by atoms with Crippen LogP contribution in [-0.4, -0.2) is 26.1 Å². The van der Waals surface area contributed by atoms with E-state index in [-0.39, 0.29) is 5.91 Å². The molecule has 0 aliphatic heterocycles. The van der Waals surface area contributed by atoms with E-state index in [1.165, 1.54) is 11.1 Å². The molecule has 0 radical (unpaired) electrons. The van der Waals surface area contributed by atoms with Crippen LogP contribution in [0.5, 0.6) is 0 Å². The van der Waals surface area contributed by atoms with Crippen LogP contribution in [0.3, 0.4) is 0 Å². The van der Waals surface area contributed by atoms with E-state index in [0.29, 0.717) is 23.8 Å². The fourth-order valence-corrected chi connectivity index (χ4v) is 3.42. The summed E-state index contributed by atoms with van der Waals surface area (Å²) < 4.78 is 0. The topological polar surface area (TPSA) is 95.6 Å². The van der Waals surface area contributed by atoms with E-state index in [2.05, 4.69) is 62.8 Å². The van der Waals surface area contributed by atoms with Gasteiger partial charge in [-0.2, -0.15) is 5.10 Å². The number of carbonyl (C=O) groups is 1. The Balaban J connectivity index is 1.43. The minimum Gasteiger partial charge on any atom is -0.366 e. The molecule has 7 nitrogen and oxygen atoms in total. The fourth-order valence-electron chi connectivity index (χ4n) is 3.42. The molecule has 156 valence electrons. The van der Waals surface area contributed by atoms with Crippen molar-refractivity contribution in [2.45, 2.75) is 27.3 Å². The van der Waals surface area contributed by atoms with Gasteiger partial charge < -0.3 is 10.6 Å². The fraction of sp³-hybridized carbons (Fsp3) is 0.167. The van der Waals surface area contributed by atoms with Gasteiger partial charge in [-0.05, 0) is 56.7 Å². The number of hydrogen-bond acceptors (Lipinski definition) is 5. The second-order valence-electron chi connectivity index (χ2n) is 7.54. The van der Waals surface area contributed by atoms with Gasteiger partial charge in [0.2, 0.25) is 0 Å². The summed E-state index contributed by atoms with van der Waals surface area (Å²) >= 11 is 0. The van der Waals surface area contributed by atoms with Gasteiger partial charge >= 0.3 is 0 Å². The van der Waals surface area contributed by atoms with Gasteiger partial charge in [0, 0.05) is 29.9 Å². The Morgan fingerprint density at radius 1 is 0.968 bits per heavy atom. The number of rotatable bonds is 6. The molecule has 0 aliphatic carbocycles. The van der Waals surface area contributed by atoms with Crippen LogP contribution in [0.4, 0.5) is 11.6 Å². The summed E-state index contributed by atoms with van der Waals surface area (Å²) in [5, 5.41) is 13.4. The number of nitrogens with one attached hydrogen (secondary N) is 3. The SMILES string of the molecule is Cc1cc(C)cc(-c2cc(NC(=O)c3cccc(CNc4ccnc(C)n4)c3)n[nH]2)c1. The number of hydrogen-bond donors (Lipinski definition) is 3. The summed E-state index contributed by atoms with van der Waals surface area (Å²) in [6, 6.07) is 17.4. The Morgan fingerprint density at radius 2 is 1.77 bits per heavy atom. The van der Waals surface area contributed by atoms with Gasteiger partial charge in [-0.3, -0.25) is 9.89 Å². The summed E-state index contributed by atoms with van der Waals surface area (Å²) in [5.74, 6) is 1.73. The zero-order valence-corrected chi connectivity index (χ0v) is 17.7. The van der Waals surface area contributed by atoms with Gasteiger partial charge in [0.15, 0.2) is 5.82 Å². The van der Waals surface area contributed by atoms with Crippen molar-refractivity contribution in [1.82, 2.24) is 20.2 Å². The number of amides is 1. The quantitative estimate of drug-likeness (QED) is 0.428. The molecular weight excluding hydrogens is 388 g/mol. The lowest BCUT2D eigenvalue weighted by molar-refractivity contribution is 0.102. The third kappa shape index (κ3) is 5.14. The van der Waals surface area contributed by atoms with Crippen LogP contribution in [0.1, 0.15) is 32.9 Å². The standard InChI is InChI=1S/C24H24N6O/c1-15-9-16(2)11-20(10-15)21-13-23(30-29-21)28-24(31)19-6-4-5-18(12-19)14-26-22-7-8-25-17(3)27-22/h4-13H,14H2,1-3H3,(H,25,26,27)(H2,28,29,30,31). The van der Waals surface area contributed by atoms with Crippen molar-refractivity contribution < 1.29 is 4.79 Å². The Bertz CT molecular complexity index is 1210. The molecule has 1 amide bonds. The van der Waals surface area contributed by atoms with E-state index in [1.54, 1.807) is 12.3 Å². The molecule has 0 atom stereocenters. The molecule has 0 aliphatic rings. The third-order valence-corrected chi connectivity index (χ3v) is 4.79. The third-order valence-electron chi connectivity index (χ3n) is 4.79. The van der Waals surface area contributed by atoms with Crippen LogP contribution in [0.2, 0.25) is 0 Å². The number of benzene rings is 2. The average Bonchev–Trinajstić information content (AvgIpc) is 3.20. The zero-order chi connectivity index (χ0) is 21.8. The molecule has 2 aromatic carbocycles. The molecule has 0 spiro atoms. The molecular formula is C24H24N6O. The number of nitrogens with zero attached hydrogens (tertiary/aromatic N) is 3. The lowest BCUT2D eigenvalue weighted by Gasteiger charge is -2.08. The van der Waals surface area contributed by atoms with Crippen LogP contribution < -0.4 is 10.6 Å². The molecule has 0 saturated carbocycles. The highest BCUT2D eigenvalue weighted by Gasteiger charge is 2.11. The summed E-state index contributed by atoms with van der Waals surface area (Å²) in [6.07, 6.45) is 1.71. The van der Waals surface area contributed by atoms with Crippen LogP contribution in [0.25, 0.3) is 11.3 Å². The highest BCUT2D eigenvalue weighted by molar-refractivity contribution is 6.04. The van der Waals surface area contributed by atoms with Crippen LogP contribution in [-0.2, 0) is 6.54 Å². The molecule has 2 aromatic heterocycles. The van der Waals surface area contributed by atoms with E-state index < -0.39 is 0 Å². The first kappa shape index (κ1) is 20.3. The van der Waals surface area contributed by atoms with Gasteiger partial charge in [0.05, 0.1) is 5.69 Å². The summed E-state index contributed by atoms with van der Waals surface area (Å²) in [7, 11) is 0. The van der Waals surface area contributed by atoms with Gasteiger partial charge in [-0.15, -0.1) is 0 Å². The monoisotopic (exact) mass is 412 g/mol. The zero-order valence-electron chi connectivity index (χ0n) is 17.7. The predicted molar refractivity (Wildman–Crippen MR) is 122 cm³/mol. The van der Waals surface area contributed by atoms with Crippen LogP contribution in [0.15, 0.2) is 60.8 Å². The van der Waals surface area contributed by atoms with Crippen molar-refractivity contribution in [1.29, 1.82) is 0 Å². The van der Waals surface area contributed by atoms with Crippen LogP contribution in [0, 0.1) is 20.8 Å². The molecule has 0 unspecified atom stereocenters. The molecule has 2 heterocycles. The first-order chi connectivity index (χ1) is 15.0. The minimum atomic E-state index is -0.210. The second-order valence-corrected chi connectivity index (χ2v) is 7.54. The van der Waals surface area contributed by atoms with Crippen molar-refractivity contribution in [2.24, 2.45) is 0 Å². The van der Waals surface area contributed by atoms with E-state index >= 15 is 0 Å². The maximum absolute atomic E-state index is 12.7. The molecule has 31 heavy (non-hydrogen) atoms. The van der Waals surface area contributed by atoms with E-state index in [9.17, 15) is 4.79 Å².